The molecule has 6 heteroatoms. The standard InChI is InChI=1S/C16H26O3.C14H22O3/c1-17-12-13-2-4-14(5-3-13)15-6-8-16(9-7-15)18-10-11-19-16;15-13-3-1-11(2-4-13)12-5-7-14(8-6-12)16-9-10-17-14/h12,14-15H,2-11H2,1H3;11-12H,1-10H2. The number of allylic oxidation sites excluding steroid dienone is 1. The van der Waals surface area contributed by atoms with Crippen molar-refractivity contribution in [3.63, 3.8) is 0 Å². The number of hydrogen-bond donors (Lipinski definition) is 0. The van der Waals surface area contributed by atoms with Crippen LogP contribution in [0.1, 0.15) is 103 Å². The number of ketones is 1. The first-order valence-electron chi connectivity index (χ1n) is 14.9. The molecular formula is C30H48O6. The first-order valence-corrected chi connectivity index (χ1v) is 14.9. The Labute approximate surface area is 217 Å². The Morgan fingerprint density at radius 2 is 0.972 bits per heavy atom. The summed E-state index contributed by atoms with van der Waals surface area (Å²) in [6, 6.07) is 0. The van der Waals surface area contributed by atoms with Crippen molar-refractivity contribution < 1.29 is 28.5 Å². The molecule has 0 bridgehead atoms. The molecule has 6 rings (SSSR count). The molecular weight excluding hydrogens is 456 g/mol. The topological polar surface area (TPSA) is 63.2 Å². The maximum atomic E-state index is 11.3. The van der Waals surface area contributed by atoms with Crippen LogP contribution < -0.4 is 0 Å². The van der Waals surface area contributed by atoms with Crippen LogP contribution in [0, 0.1) is 23.7 Å². The molecule has 204 valence electrons. The normalized spacial score (nSPS) is 32.9. The van der Waals surface area contributed by atoms with Gasteiger partial charge in [0.1, 0.15) is 5.78 Å². The van der Waals surface area contributed by atoms with Crippen LogP contribution in [0.15, 0.2) is 11.8 Å². The smallest absolute Gasteiger partial charge is 0.168 e. The average Bonchev–Trinajstić information content (AvgIpc) is 3.57. The summed E-state index contributed by atoms with van der Waals surface area (Å²) in [5, 5.41) is 0. The first-order chi connectivity index (χ1) is 17.6. The maximum absolute atomic E-state index is 11.3. The van der Waals surface area contributed by atoms with Gasteiger partial charge >= 0.3 is 0 Å². The predicted molar refractivity (Wildman–Crippen MR) is 137 cm³/mol. The van der Waals surface area contributed by atoms with E-state index in [4.69, 9.17) is 23.7 Å². The molecule has 0 atom stereocenters. The van der Waals surface area contributed by atoms with Gasteiger partial charge in [-0.2, -0.15) is 0 Å². The molecule has 6 nitrogen and oxygen atoms in total. The van der Waals surface area contributed by atoms with E-state index in [1.54, 1.807) is 7.11 Å². The highest BCUT2D eigenvalue weighted by molar-refractivity contribution is 5.79. The average molecular weight is 505 g/mol. The summed E-state index contributed by atoms with van der Waals surface area (Å²) >= 11 is 0. The fourth-order valence-corrected chi connectivity index (χ4v) is 7.87. The van der Waals surface area contributed by atoms with Gasteiger partial charge in [0.25, 0.3) is 0 Å². The highest BCUT2D eigenvalue weighted by Crippen LogP contribution is 2.45. The number of carbonyl (C=O) groups excluding carboxylic acids is 1. The van der Waals surface area contributed by atoms with E-state index in [-0.39, 0.29) is 11.6 Å². The van der Waals surface area contributed by atoms with Crippen molar-refractivity contribution in [2.75, 3.05) is 33.5 Å². The summed E-state index contributed by atoms with van der Waals surface area (Å²) in [5.74, 6) is 3.45. The van der Waals surface area contributed by atoms with Crippen LogP contribution in [0.2, 0.25) is 0 Å². The van der Waals surface area contributed by atoms with Crippen LogP contribution in [0.4, 0.5) is 0 Å². The van der Waals surface area contributed by atoms with Gasteiger partial charge in [-0.15, -0.1) is 0 Å². The van der Waals surface area contributed by atoms with Crippen LogP contribution in [-0.4, -0.2) is 50.9 Å². The van der Waals surface area contributed by atoms with Gasteiger partial charge in [-0.05, 0) is 93.5 Å². The van der Waals surface area contributed by atoms with Gasteiger partial charge in [0.15, 0.2) is 11.6 Å². The highest BCUT2D eigenvalue weighted by Gasteiger charge is 2.43. The molecule has 0 N–H and O–H groups in total. The Bertz CT molecular complexity index is 711. The quantitative estimate of drug-likeness (QED) is 0.419. The Morgan fingerprint density at radius 3 is 1.36 bits per heavy atom. The molecule has 0 aromatic carbocycles. The number of hydrogen-bond acceptors (Lipinski definition) is 6. The van der Waals surface area contributed by atoms with Gasteiger partial charge in [0.2, 0.25) is 0 Å². The first kappa shape index (κ1) is 26.6. The van der Waals surface area contributed by atoms with Crippen LogP contribution >= 0.6 is 0 Å². The van der Waals surface area contributed by atoms with Gasteiger partial charge in [-0.25, -0.2) is 0 Å². The van der Waals surface area contributed by atoms with Gasteiger partial charge < -0.3 is 23.7 Å². The zero-order chi connectivity index (χ0) is 24.8. The van der Waals surface area contributed by atoms with Gasteiger partial charge in [-0.1, -0.05) is 0 Å². The zero-order valence-corrected chi connectivity index (χ0v) is 22.5. The van der Waals surface area contributed by atoms with Gasteiger partial charge in [0.05, 0.1) is 39.8 Å². The molecule has 0 aromatic heterocycles. The lowest BCUT2D eigenvalue weighted by molar-refractivity contribution is -0.185. The summed E-state index contributed by atoms with van der Waals surface area (Å²) in [6.45, 7) is 3.11. The third kappa shape index (κ3) is 6.54. The SMILES string of the molecule is COC=C1CCC(C2CCC3(CC2)OCCO3)CC1.O=C1CCC(C2CCC3(CC2)OCCO3)CC1. The number of rotatable bonds is 3. The minimum Gasteiger partial charge on any atom is -0.504 e. The minimum absolute atomic E-state index is 0.188. The van der Waals surface area contributed by atoms with Gasteiger partial charge in [0, 0.05) is 38.5 Å². The van der Waals surface area contributed by atoms with E-state index in [0.29, 0.717) is 5.78 Å². The Hall–Kier alpha value is -0.950. The summed E-state index contributed by atoms with van der Waals surface area (Å²) in [5.41, 5.74) is 1.49. The second kappa shape index (κ2) is 12.3. The summed E-state index contributed by atoms with van der Waals surface area (Å²) in [4.78, 5) is 11.3. The molecule has 2 spiro atoms. The lowest BCUT2D eigenvalue weighted by atomic mass is 9.71. The van der Waals surface area contributed by atoms with Crippen molar-refractivity contribution in [3.05, 3.63) is 11.8 Å². The number of methoxy groups -OCH3 is 1. The van der Waals surface area contributed by atoms with E-state index in [0.717, 1.165) is 101 Å². The fourth-order valence-electron chi connectivity index (χ4n) is 7.87. The van der Waals surface area contributed by atoms with E-state index in [2.05, 4.69) is 0 Å². The molecule has 36 heavy (non-hydrogen) atoms. The van der Waals surface area contributed by atoms with Crippen LogP contribution in [0.5, 0.6) is 0 Å². The van der Waals surface area contributed by atoms with Crippen molar-refractivity contribution >= 4 is 5.78 Å². The molecule has 4 saturated carbocycles. The van der Waals surface area contributed by atoms with E-state index in [1.807, 2.05) is 6.26 Å². The maximum Gasteiger partial charge on any atom is 0.168 e. The van der Waals surface area contributed by atoms with Crippen LogP contribution in [0.25, 0.3) is 0 Å². The minimum atomic E-state index is -0.221. The monoisotopic (exact) mass is 504 g/mol. The molecule has 6 fully saturated rings. The third-order valence-electron chi connectivity index (χ3n) is 10.1. The molecule has 2 heterocycles. The molecule has 6 aliphatic rings. The van der Waals surface area contributed by atoms with E-state index in [9.17, 15) is 4.79 Å². The van der Waals surface area contributed by atoms with Crippen molar-refractivity contribution in [2.45, 2.75) is 114 Å². The van der Waals surface area contributed by atoms with Crippen molar-refractivity contribution in [1.82, 2.24) is 0 Å². The Morgan fingerprint density at radius 1 is 0.611 bits per heavy atom. The van der Waals surface area contributed by atoms with Crippen molar-refractivity contribution in [2.24, 2.45) is 23.7 Å². The zero-order valence-electron chi connectivity index (χ0n) is 22.5. The second-order valence-electron chi connectivity index (χ2n) is 12.1. The fraction of sp³-hybridized carbons (Fsp3) is 0.900. The molecule has 2 aliphatic heterocycles. The molecule has 0 aromatic rings. The second-order valence-corrected chi connectivity index (χ2v) is 12.1. The molecule has 0 radical (unpaired) electrons. The third-order valence-corrected chi connectivity index (χ3v) is 10.1. The van der Waals surface area contributed by atoms with Crippen molar-refractivity contribution in [1.29, 1.82) is 0 Å². The predicted octanol–water partition coefficient (Wildman–Crippen LogP) is 6.32. The molecule has 0 amide bonds. The van der Waals surface area contributed by atoms with E-state index in [1.165, 1.54) is 56.9 Å². The van der Waals surface area contributed by atoms with Crippen LogP contribution in [0.3, 0.4) is 0 Å². The molecule has 2 saturated heterocycles. The largest absolute Gasteiger partial charge is 0.504 e. The Kier molecular flexibility index (Phi) is 9.08. The summed E-state index contributed by atoms with van der Waals surface area (Å²) in [6.07, 6.45) is 20.3. The van der Waals surface area contributed by atoms with E-state index < -0.39 is 0 Å². The van der Waals surface area contributed by atoms with Crippen molar-refractivity contribution in [3.8, 4) is 0 Å². The number of carbonyl (C=O) groups is 1. The summed E-state index contributed by atoms with van der Waals surface area (Å²) < 4.78 is 28.3. The highest BCUT2D eigenvalue weighted by atomic mass is 16.7. The van der Waals surface area contributed by atoms with Crippen LogP contribution in [-0.2, 0) is 28.5 Å². The molecule has 0 unspecified atom stereocenters. The van der Waals surface area contributed by atoms with E-state index >= 15 is 0 Å². The molecule has 4 aliphatic carbocycles. The Balaban J connectivity index is 0.000000149. The number of Topliss-reactive ketones (excluding diaryl/α,β-unsaturated/α-hetero) is 1. The lowest BCUT2D eigenvalue weighted by Crippen LogP contribution is -2.37. The summed E-state index contributed by atoms with van der Waals surface area (Å²) in [7, 11) is 1.75. The van der Waals surface area contributed by atoms with Gasteiger partial charge in [-0.3, -0.25) is 4.79 Å². The lowest BCUT2D eigenvalue weighted by Gasteiger charge is -2.40. The number of ether oxygens (including phenoxy) is 5.